The number of amides is 3. The molecule has 3 aromatic rings. The van der Waals surface area contributed by atoms with Crippen molar-refractivity contribution in [1.29, 1.82) is 0 Å². The molecule has 0 atom stereocenters. The Morgan fingerprint density at radius 3 is 2.45 bits per heavy atom. The summed E-state index contributed by atoms with van der Waals surface area (Å²) in [5, 5.41) is 2.24. The SMILES string of the molecule is COc1cc(/C=C2\SC(=O)N(CC(=O)Nc3ccccc3N3CCOCC3)C2=O)ccc1OS(=O)(=O)c1ccccc1. The molecule has 2 heterocycles. The largest absolute Gasteiger partial charge is 0.493 e. The van der Waals surface area contributed by atoms with Gasteiger partial charge in [-0.05, 0) is 59.8 Å². The van der Waals surface area contributed by atoms with Crippen LogP contribution in [0.1, 0.15) is 5.56 Å². The van der Waals surface area contributed by atoms with E-state index in [1.807, 2.05) is 12.1 Å². The summed E-state index contributed by atoms with van der Waals surface area (Å²) in [5.74, 6) is -1.06. The number of carbonyl (C=O) groups excluding carboxylic acids is 3. The van der Waals surface area contributed by atoms with Crippen LogP contribution in [0.4, 0.5) is 16.2 Å². The Bertz CT molecular complexity index is 1640. The van der Waals surface area contributed by atoms with Gasteiger partial charge in [-0.15, -0.1) is 0 Å². The Labute approximate surface area is 247 Å². The van der Waals surface area contributed by atoms with Crippen molar-refractivity contribution in [2.75, 3.05) is 50.2 Å². The van der Waals surface area contributed by atoms with Crippen LogP contribution in [-0.2, 0) is 24.4 Å². The van der Waals surface area contributed by atoms with Crippen molar-refractivity contribution in [3.63, 3.8) is 0 Å². The number of nitrogens with zero attached hydrogens (tertiary/aromatic N) is 2. The molecule has 2 aliphatic rings. The smallest absolute Gasteiger partial charge is 0.339 e. The van der Waals surface area contributed by atoms with Gasteiger partial charge in [-0.25, -0.2) is 0 Å². The van der Waals surface area contributed by atoms with Crippen molar-refractivity contribution in [3.05, 3.63) is 83.3 Å². The maximum atomic E-state index is 13.1. The highest BCUT2D eigenvalue weighted by Gasteiger charge is 2.36. The highest BCUT2D eigenvalue weighted by molar-refractivity contribution is 8.18. The van der Waals surface area contributed by atoms with Crippen molar-refractivity contribution in [2.45, 2.75) is 4.90 Å². The molecule has 0 unspecified atom stereocenters. The number of imide groups is 1. The van der Waals surface area contributed by atoms with E-state index in [2.05, 4.69) is 10.2 Å². The summed E-state index contributed by atoms with van der Waals surface area (Å²) in [4.78, 5) is 41.7. The van der Waals surface area contributed by atoms with Crippen LogP contribution in [0.5, 0.6) is 11.5 Å². The maximum Gasteiger partial charge on any atom is 0.339 e. The summed E-state index contributed by atoms with van der Waals surface area (Å²) in [5.41, 5.74) is 1.88. The van der Waals surface area contributed by atoms with E-state index in [-0.39, 0.29) is 21.3 Å². The lowest BCUT2D eigenvalue weighted by Gasteiger charge is -2.30. The summed E-state index contributed by atoms with van der Waals surface area (Å²) in [7, 11) is -2.75. The zero-order chi connectivity index (χ0) is 29.7. The van der Waals surface area contributed by atoms with Gasteiger partial charge < -0.3 is 23.9 Å². The van der Waals surface area contributed by atoms with E-state index in [0.717, 1.165) is 10.6 Å². The third kappa shape index (κ3) is 6.59. The van der Waals surface area contributed by atoms with Crippen LogP contribution < -0.4 is 19.1 Å². The van der Waals surface area contributed by atoms with Crippen molar-refractivity contribution in [1.82, 2.24) is 4.90 Å². The number of morpholine rings is 1. The van der Waals surface area contributed by atoms with Gasteiger partial charge in [-0.1, -0.05) is 36.4 Å². The molecule has 3 aromatic carbocycles. The number of hydrogen-bond donors (Lipinski definition) is 1. The molecule has 0 aliphatic carbocycles. The quantitative estimate of drug-likeness (QED) is 0.281. The molecule has 1 N–H and O–H groups in total. The molecule has 13 heteroatoms. The lowest BCUT2D eigenvalue weighted by molar-refractivity contribution is -0.127. The second kappa shape index (κ2) is 12.7. The van der Waals surface area contributed by atoms with Crippen LogP contribution in [0, 0.1) is 0 Å². The number of anilines is 2. The molecule has 2 saturated heterocycles. The first-order chi connectivity index (χ1) is 20.2. The molecule has 0 aromatic heterocycles. The number of methoxy groups -OCH3 is 1. The molecule has 42 heavy (non-hydrogen) atoms. The topological polar surface area (TPSA) is 132 Å². The van der Waals surface area contributed by atoms with Crippen molar-refractivity contribution in [3.8, 4) is 11.5 Å². The van der Waals surface area contributed by atoms with Gasteiger partial charge in [-0.3, -0.25) is 19.3 Å². The van der Waals surface area contributed by atoms with Gasteiger partial charge in [0.2, 0.25) is 5.91 Å². The highest BCUT2D eigenvalue weighted by atomic mass is 32.2. The first-order valence-corrected chi connectivity index (χ1v) is 15.1. The van der Waals surface area contributed by atoms with Crippen LogP contribution in [0.3, 0.4) is 0 Å². The molecule has 0 bridgehead atoms. The van der Waals surface area contributed by atoms with Crippen LogP contribution in [-0.4, -0.2) is 70.3 Å². The van der Waals surface area contributed by atoms with E-state index >= 15 is 0 Å². The lowest BCUT2D eigenvalue weighted by atomic mass is 10.2. The minimum atomic E-state index is -4.10. The van der Waals surface area contributed by atoms with Crippen molar-refractivity contribution in [2.24, 2.45) is 0 Å². The van der Waals surface area contributed by atoms with Crippen LogP contribution >= 0.6 is 11.8 Å². The van der Waals surface area contributed by atoms with Gasteiger partial charge in [0.1, 0.15) is 11.4 Å². The van der Waals surface area contributed by atoms with E-state index in [9.17, 15) is 22.8 Å². The van der Waals surface area contributed by atoms with E-state index in [4.69, 9.17) is 13.7 Å². The third-order valence-electron chi connectivity index (χ3n) is 6.42. The van der Waals surface area contributed by atoms with Gasteiger partial charge >= 0.3 is 10.1 Å². The van der Waals surface area contributed by atoms with Gasteiger partial charge in [0, 0.05) is 13.1 Å². The number of para-hydroxylation sites is 2. The predicted molar refractivity (Wildman–Crippen MR) is 158 cm³/mol. The van der Waals surface area contributed by atoms with E-state index in [0.29, 0.717) is 49.3 Å². The summed E-state index contributed by atoms with van der Waals surface area (Å²) >= 11 is 0.704. The second-order valence-electron chi connectivity index (χ2n) is 9.19. The van der Waals surface area contributed by atoms with Crippen LogP contribution in [0.15, 0.2) is 82.6 Å². The predicted octanol–water partition coefficient (Wildman–Crippen LogP) is 3.97. The van der Waals surface area contributed by atoms with Crippen molar-refractivity contribution < 1.29 is 36.5 Å². The number of nitrogens with one attached hydrogen (secondary N) is 1. The van der Waals surface area contributed by atoms with Crippen LogP contribution in [0.2, 0.25) is 0 Å². The Kier molecular flexibility index (Phi) is 8.80. The standard InChI is InChI=1S/C29H27N3O8S2/c1-38-25-17-20(11-12-24(25)40-42(36,37)21-7-3-2-4-8-21)18-26-28(34)32(29(35)41-26)19-27(33)30-22-9-5-6-10-23(22)31-13-15-39-16-14-31/h2-12,17-18H,13-16,19H2,1H3,(H,30,33)/b26-18-. The maximum absolute atomic E-state index is 13.1. The average Bonchev–Trinajstić information content (AvgIpc) is 3.26. The number of rotatable bonds is 9. The molecule has 11 nitrogen and oxygen atoms in total. The van der Waals surface area contributed by atoms with Crippen LogP contribution in [0.25, 0.3) is 6.08 Å². The van der Waals surface area contributed by atoms with E-state index in [1.165, 1.54) is 43.5 Å². The molecular weight excluding hydrogens is 582 g/mol. The summed E-state index contributed by atoms with van der Waals surface area (Å²) in [6.45, 7) is 2.08. The monoisotopic (exact) mass is 609 g/mol. The Hall–Kier alpha value is -4.33. The normalized spacial score (nSPS) is 16.5. The third-order valence-corrected chi connectivity index (χ3v) is 8.58. The molecule has 0 spiro atoms. The zero-order valence-corrected chi connectivity index (χ0v) is 24.2. The highest BCUT2D eigenvalue weighted by Crippen LogP contribution is 2.35. The number of ether oxygens (including phenoxy) is 2. The first-order valence-electron chi connectivity index (χ1n) is 12.9. The number of thioether (sulfide) groups is 1. The average molecular weight is 610 g/mol. The fourth-order valence-corrected chi connectivity index (χ4v) is 6.18. The molecular formula is C29H27N3O8S2. The Balaban J connectivity index is 1.27. The summed E-state index contributed by atoms with van der Waals surface area (Å²) < 4.78 is 41.2. The van der Waals surface area contributed by atoms with Gasteiger partial charge in [0.05, 0.1) is 36.6 Å². The van der Waals surface area contributed by atoms with E-state index < -0.39 is 33.7 Å². The number of carbonyl (C=O) groups is 3. The molecule has 2 fully saturated rings. The Morgan fingerprint density at radius 2 is 1.71 bits per heavy atom. The number of hydrogen-bond acceptors (Lipinski definition) is 10. The number of benzene rings is 3. The van der Waals surface area contributed by atoms with E-state index in [1.54, 1.807) is 30.3 Å². The molecule has 0 saturated carbocycles. The fraction of sp³-hybridized carbons (Fsp3) is 0.207. The van der Waals surface area contributed by atoms with Gasteiger partial charge in [0.25, 0.3) is 11.1 Å². The fourth-order valence-electron chi connectivity index (χ4n) is 4.38. The first kappa shape index (κ1) is 29.2. The lowest BCUT2D eigenvalue weighted by Crippen LogP contribution is -2.38. The molecule has 2 aliphatic heterocycles. The zero-order valence-electron chi connectivity index (χ0n) is 22.5. The molecule has 5 rings (SSSR count). The Morgan fingerprint density at radius 1 is 1.00 bits per heavy atom. The minimum absolute atomic E-state index is 0.0153. The summed E-state index contributed by atoms with van der Waals surface area (Å²) in [6.07, 6.45) is 1.47. The van der Waals surface area contributed by atoms with Gasteiger partial charge in [0.15, 0.2) is 11.5 Å². The molecule has 218 valence electrons. The van der Waals surface area contributed by atoms with Crippen molar-refractivity contribution >= 4 is 56.4 Å². The second-order valence-corrected chi connectivity index (χ2v) is 11.7. The minimum Gasteiger partial charge on any atom is -0.493 e. The molecule has 3 amide bonds. The van der Waals surface area contributed by atoms with Gasteiger partial charge in [-0.2, -0.15) is 8.42 Å². The summed E-state index contributed by atoms with van der Waals surface area (Å²) in [6, 6.07) is 19.4. The molecule has 0 radical (unpaired) electrons.